The van der Waals surface area contributed by atoms with E-state index in [1.54, 1.807) is 25.0 Å². The number of primary amides is 1. The van der Waals surface area contributed by atoms with E-state index in [1.807, 2.05) is 48.1 Å². The summed E-state index contributed by atoms with van der Waals surface area (Å²) in [6.07, 6.45) is 4.26. The van der Waals surface area contributed by atoms with Crippen LogP contribution in [0.3, 0.4) is 0 Å². The van der Waals surface area contributed by atoms with Crippen molar-refractivity contribution in [3.8, 4) is 0 Å². The summed E-state index contributed by atoms with van der Waals surface area (Å²) in [4.78, 5) is 16.3. The second-order valence-corrected chi connectivity index (χ2v) is 5.87. The number of aromatic nitrogens is 2. The highest BCUT2D eigenvalue weighted by Crippen LogP contribution is 2.28. The zero-order valence-corrected chi connectivity index (χ0v) is 13.1. The number of likely N-dealkylation sites (N-methyl/N-ethyl adjacent to an activating group) is 1. The van der Waals surface area contributed by atoms with Gasteiger partial charge in [0.1, 0.15) is 5.54 Å². The molecule has 112 valence electrons. The van der Waals surface area contributed by atoms with Gasteiger partial charge in [0.2, 0.25) is 5.91 Å². The number of nitrogens with one attached hydrogen (secondary N) is 1. The molecule has 0 aliphatic rings. The molecule has 1 amide bonds. The predicted molar refractivity (Wildman–Crippen MR) is 84.9 cm³/mol. The summed E-state index contributed by atoms with van der Waals surface area (Å²) in [5.74, 6) is 0.375. The number of benzene rings is 1. The monoisotopic (exact) mass is 304 g/mol. The van der Waals surface area contributed by atoms with Crippen LogP contribution in [0.1, 0.15) is 12.0 Å². The summed E-state index contributed by atoms with van der Waals surface area (Å²) < 4.78 is 1.96. The molecule has 5 nitrogen and oxygen atoms in total. The maximum Gasteiger partial charge on any atom is 0.242 e. The Morgan fingerprint density at radius 2 is 2.14 bits per heavy atom. The zero-order chi connectivity index (χ0) is 15.3. The van der Waals surface area contributed by atoms with Crippen LogP contribution in [0.2, 0.25) is 0 Å². The van der Waals surface area contributed by atoms with Gasteiger partial charge in [0.25, 0.3) is 0 Å². The Labute approximate surface area is 128 Å². The lowest BCUT2D eigenvalue weighted by Gasteiger charge is -2.30. The molecular weight excluding hydrogens is 284 g/mol. The summed E-state index contributed by atoms with van der Waals surface area (Å²) in [6.45, 7) is 0. The molecule has 6 heteroatoms. The topological polar surface area (TPSA) is 72.9 Å². The smallest absolute Gasteiger partial charge is 0.242 e. The van der Waals surface area contributed by atoms with Crippen LogP contribution in [-0.2, 0) is 17.4 Å². The normalized spacial score (nSPS) is 13.8. The summed E-state index contributed by atoms with van der Waals surface area (Å²) in [6, 6.07) is 9.60. The van der Waals surface area contributed by atoms with Gasteiger partial charge in [0.15, 0.2) is 5.16 Å². The molecule has 0 saturated heterocycles. The number of aryl methyl sites for hydroxylation is 1. The third-order valence-electron chi connectivity index (χ3n) is 3.60. The van der Waals surface area contributed by atoms with E-state index in [-0.39, 0.29) is 5.91 Å². The molecule has 2 aromatic rings. The van der Waals surface area contributed by atoms with Crippen molar-refractivity contribution < 1.29 is 4.79 Å². The summed E-state index contributed by atoms with van der Waals surface area (Å²) in [5, 5.41) is 4.04. The van der Waals surface area contributed by atoms with E-state index in [1.165, 1.54) is 0 Å². The van der Waals surface area contributed by atoms with Crippen molar-refractivity contribution in [2.45, 2.75) is 17.1 Å². The summed E-state index contributed by atoms with van der Waals surface area (Å²) in [5.41, 5.74) is 5.71. The van der Waals surface area contributed by atoms with E-state index >= 15 is 0 Å². The lowest BCUT2D eigenvalue weighted by molar-refractivity contribution is -0.124. The molecule has 0 bridgehead atoms. The molecule has 0 aliphatic heterocycles. The van der Waals surface area contributed by atoms with Crippen molar-refractivity contribution in [2.24, 2.45) is 12.8 Å². The highest BCUT2D eigenvalue weighted by molar-refractivity contribution is 7.99. The van der Waals surface area contributed by atoms with Gasteiger partial charge in [0, 0.05) is 25.2 Å². The Morgan fingerprint density at radius 1 is 1.43 bits per heavy atom. The first-order valence-corrected chi connectivity index (χ1v) is 7.73. The second-order valence-electron chi connectivity index (χ2n) is 4.80. The fraction of sp³-hybridized carbons (Fsp3) is 0.333. The van der Waals surface area contributed by atoms with Crippen molar-refractivity contribution >= 4 is 17.7 Å². The minimum Gasteiger partial charge on any atom is -0.368 e. The maximum absolute atomic E-state index is 12.0. The van der Waals surface area contributed by atoms with E-state index in [0.29, 0.717) is 6.42 Å². The molecule has 21 heavy (non-hydrogen) atoms. The van der Waals surface area contributed by atoms with Gasteiger partial charge >= 0.3 is 0 Å². The first-order valence-electron chi connectivity index (χ1n) is 6.74. The number of carbonyl (C=O) groups excluding carboxylic acids is 1. The summed E-state index contributed by atoms with van der Waals surface area (Å²) in [7, 11) is 3.72. The average Bonchev–Trinajstić information content (AvgIpc) is 2.90. The molecule has 3 N–H and O–H groups in total. The number of hydrogen-bond donors (Lipinski definition) is 2. The number of nitrogens with zero attached hydrogens (tertiary/aromatic N) is 2. The van der Waals surface area contributed by atoms with Crippen molar-refractivity contribution in [2.75, 3.05) is 12.8 Å². The third-order valence-corrected chi connectivity index (χ3v) is 4.66. The van der Waals surface area contributed by atoms with Crippen molar-refractivity contribution in [3.05, 3.63) is 48.3 Å². The maximum atomic E-state index is 12.0. The van der Waals surface area contributed by atoms with Gasteiger partial charge in [-0.05, 0) is 19.0 Å². The number of hydrogen-bond acceptors (Lipinski definition) is 4. The van der Waals surface area contributed by atoms with Crippen LogP contribution in [0.15, 0.2) is 47.9 Å². The zero-order valence-electron chi connectivity index (χ0n) is 12.2. The second kappa shape index (κ2) is 6.78. The Hall–Kier alpha value is -1.79. The van der Waals surface area contributed by atoms with Crippen LogP contribution in [0.5, 0.6) is 0 Å². The van der Waals surface area contributed by atoms with Gasteiger partial charge in [-0.1, -0.05) is 42.1 Å². The van der Waals surface area contributed by atoms with Gasteiger partial charge in [-0.25, -0.2) is 4.98 Å². The molecule has 0 aliphatic carbocycles. The Balaban J connectivity index is 2.14. The number of thioether (sulfide) groups is 1. The largest absolute Gasteiger partial charge is 0.368 e. The first-order chi connectivity index (χ1) is 10.1. The van der Waals surface area contributed by atoms with Crippen LogP contribution in [0.25, 0.3) is 0 Å². The highest BCUT2D eigenvalue weighted by atomic mass is 32.2. The molecular formula is C15H20N4OS. The SMILES string of the molecule is CNC(CCSc1nccn1C)(C(N)=O)c1ccccc1. The van der Waals surface area contributed by atoms with E-state index in [9.17, 15) is 4.79 Å². The van der Waals surface area contributed by atoms with E-state index in [0.717, 1.165) is 16.5 Å². The predicted octanol–water partition coefficient (Wildman–Crippen LogP) is 1.50. The van der Waals surface area contributed by atoms with Crippen LogP contribution in [0.4, 0.5) is 0 Å². The summed E-state index contributed by atoms with van der Waals surface area (Å²) >= 11 is 1.61. The third kappa shape index (κ3) is 3.28. The van der Waals surface area contributed by atoms with Gasteiger partial charge < -0.3 is 15.6 Å². The molecule has 0 saturated carbocycles. The van der Waals surface area contributed by atoms with Gasteiger partial charge in [-0.3, -0.25) is 4.79 Å². The number of carbonyl (C=O) groups is 1. The van der Waals surface area contributed by atoms with Crippen LogP contribution in [-0.4, -0.2) is 28.3 Å². The first kappa shape index (κ1) is 15.6. The van der Waals surface area contributed by atoms with E-state index < -0.39 is 5.54 Å². The Bertz CT molecular complexity index is 599. The quantitative estimate of drug-likeness (QED) is 0.760. The average molecular weight is 304 g/mol. The van der Waals surface area contributed by atoms with Crippen molar-refractivity contribution in [1.29, 1.82) is 0 Å². The fourth-order valence-corrected chi connectivity index (χ4v) is 3.30. The lowest BCUT2D eigenvalue weighted by Crippen LogP contribution is -2.51. The number of amides is 1. The minimum absolute atomic E-state index is 0.364. The van der Waals surface area contributed by atoms with E-state index in [2.05, 4.69) is 10.3 Å². The molecule has 1 aromatic heterocycles. The number of imidazole rings is 1. The van der Waals surface area contributed by atoms with Crippen molar-refractivity contribution in [1.82, 2.24) is 14.9 Å². The molecule has 2 rings (SSSR count). The molecule has 1 aromatic carbocycles. The molecule has 0 fully saturated rings. The fourth-order valence-electron chi connectivity index (χ4n) is 2.31. The Morgan fingerprint density at radius 3 is 2.67 bits per heavy atom. The van der Waals surface area contributed by atoms with Gasteiger partial charge in [0.05, 0.1) is 0 Å². The molecule has 1 unspecified atom stereocenters. The number of rotatable bonds is 7. The van der Waals surface area contributed by atoms with Crippen LogP contribution >= 0.6 is 11.8 Å². The standard InChI is InChI=1S/C15H20N4OS/c1-17-15(13(16)20,12-6-4-3-5-7-12)8-11-21-14-18-9-10-19(14)2/h3-7,9-10,17H,8,11H2,1-2H3,(H2,16,20). The van der Waals surface area contributed by atoms with Gasteiger partial charge in [-0.2, -0.15) is 0 Å². The number of nitrogens with two attached hydrogens (primary N) is 1. The van der Waals surface area contributed by atoms with Crippen molar-refractivity contribution in [3.63, 3.8) is 0 Å². The minimum atomic E-state index is -0.848. The Kier molecular flexibility index (Phi) is 5.03. The molecule has 0 spiro atoms. The highest BCUT2D eigenvalue weighted by Gasteiger charge is 2.36. The molecule has 0 radical (unpaired) electrons. The van der Waals surface area contributed by atoms with Crippen LogP contribution < -0.4 is 11.1 Å². The van der Waals surface area contributed by atoms with E-state index in [4.69, 9.17) is 5.73 Å². The van der Waals surface area contributed by atoms with Gasteiger partial charge in [-0.15, -0.1) is 0 Å². The lowest BCUT2D eigenvalue weighted by atomic mass is 9.86. The molecule has 1 heterocycles. The molecule has 1 atom stereocenters. The van der Waals surface area contributed by atoms with Crippen LogP contribution in [0, 0.1) is 0 Å².